The molecule has 2 amide bonds. The zero-order chi connectivity index (χ0) is 25.1. The summed E-state index contributed by atoms with van der Waals surface area (Å²) in [7, 11) is 0. The van der Waals surface area contributed by atoms with E-state index in [2.05, 4.69) is 27.8 Å². The number of amides is 2. The minimum atomic E-state index is -0.747. The molecule has 3 aromatic rings. The molecule has 8 nitrogen and oxygen atoms in total. The predicted octanol–water partition coefficient (Wildman–Crippen LogP) is 2.86. The number of aromatic nitrogens is 1. The molecule has 2 atom stereocenters. The van der Waals surface area contributed by atoms with Crippen LogP contribution in [-0.4, -0.2) is 52.1 Å². The highest BCUT2D eigenvalue weighted by Crippen LogP contribution is 2.31. The van der Waals surface area contributed by atoms with E-state index in [1.807, 2.05) is 37.3 Å². The second-order valence-electron chi connectivity index (χ2n) is 9.16. The number of aliphatic hydroxyl groups is 1. The highest BCUT2D eigenvalue weighted by molar-refractivity contribution is 6.03. The molecule has 2 aromatic carbocycles. The fraction of sp³-hybridized carbons (Fsp3) is 0.321. The van der Waals surface area contributed by atoms with Gasteiger partial charge in [-0.15, -0.1) is 12.4 Å². The van der Waals surface area contributed by atoms with Crippen molar-refractivity contribution in [2.75, 3.05) is 13.2 Å². The molecule has 2 unspecified atom stereocenters. The van der Waals surface area contributed by atoms with Gasteiger partial charge in [0.2, 0.25) is 0 Å². The molecular formula is C28H31ClN4O4. The lowest BCUT2D eigenvalue weighted by Gasteiger charge is -2.30. The highest BCUT2D eigenvalue weighted by Gasteiger charge is 2.31. The third kappa shape index (κ3) is 5.77. The van der Waals surface area contributed by atoms with Crippen molar-refractivity contribution >= 4 is 24.2 Å². The van der Waals surface area contributed by atoms with Crippen LogP contribution >= 0.6 is 12.4 Å². The molecule has 194 valence electrons. The van der Waals surface area contributed by atoms with E-state index in [-0.39, 0.29) is 36.8 Å². The molecule has 3 N–H and O–H groups in total. The third-order valence-electron chi connectivity index (χ3n) is 6.76. The summed E-state index contributed by atoms with van der Waals surface area (Å²) in [5, 5.41) is 17.0. The van der Waals surface area contributed by atoms with Crippen LogP contribution in [0.15, 0.2) is 60.8 Å². The summed E-state index contributed by atoms with van der Waals surface area (Å²) >= 11 is 0. The third-order valence-corrected chi connectivity index (χ3v) is 6.76. The fourth-order valence-corrected chi connectivity index (χ4v) is 4.86. The lowest BCUT2D eigenvalue weighted by molar-refractivity contribution is 0.0764. The highest BCUT2D eigenvalue weighted by atomic mass is 35.5. The number of carbonyl (C=O) groups excluding carboxylic acids is 2. The minimum Gasteiger partial charge on any atom is -0.493 e. The molecule has 0 radical (unpaired) electrons. The molecule has 2 aliphatic heterocycles. The van der Waals surface area contributed by atoms with Crippen molar-refractivity contribution in [2.24, 2.45) is 0 Å². The second-order valence-corrected chi connectivity index (χ2v) is 9.16. The maximum absolute atomic E-state index is 13.1. The van der Waals surface area contributed by atoms with Gasteiger partial charge in [-0.25, -0.2) is 0 Å². The van der Waals surface area contributed by atoms with Crippen LogP contribution in [0.3, 0.4) is 0 Å². The lowest BCUT2D eigenvalue weighted by atomic mass is 9.93. The van der Waals surface area contributed by atoms with Crippen molar-refractivity contribution in [2.45, 2.75) is 45.1 Å². The van der Waals surface area contributed by atoms with E-state index in [4.69, 9.17) is 4.74 Å². The Bertz CT molecular complexity index is 1270. The summed E-state index contributed by atoms with van der Waals surface area (Å²) < 4.78 is 5.73. The van der Waals surface area contributed by atoms with Gasteiger partial charge in [0.1, 0.15) is 5.75 Å². The van der Waals surface area contributed by atoms with Gasteiger partial charge in [-0.1, -0.05) is 30.3 Å². The fourth-order valence-electron chi connectivity index (χ4n) is 4.86. The van der Waals surface area contributed by atoms with E-state index in [1.54, 1.807) is 23.2 Å². The standard InChI is InChI=1S/C28H30N4O4.ClH/c1-2-36-26-13-22-20(16-32(28(22)35)17-21-9-5-6-10-29-21)11-23(26)27(34)31-15-25(33)24-12-18-7-3-4-8-19(18)14-30-24;/h3-11,13,24-25,30,33H,2,12,14-17H2,1H3,(H,31,34);1H. The number of rotatable bonds is 8. The number of nitrogens with one attached hydrogen (secondary N) is 2. The first-order valence-corrected chi connectivity index (χ1v) is 12.3. The number of hydrogen-bond donors (Lipinski definition) is 3. The van der Waals surface area contributed by atoms with Gasteiger partial charge < -0.3 is 25.4 Å². The van der Waals surface area contributed by atoms with E-state index in [9.17, 15) is 14.7 Å². The van der Waals surface area contributed by atoms with Crippen LogP contribution in [0.2, 0.25) is 0 Å². The Balaban J connectivity index is 0.00000320. The topological polar surface area (TPSA) is 104 Å². The van der Waals surface area contributed by atoms with Crippen molar-refractivity contribution in [3.8, 4) is 5.75 Å². The molecular weight excluding hydrogens is 492 g/mol. The van der Waals surface area contributed by atoms with Crippen LogP contribution in [-0.2, 0) is 26.1 Å². The Morgan fingerprint density at radius 2 is 1.97 bits per heavy atom. The molecule has 0 spiro atoms. The molecule has 5 rings (SSSR count). The van der Waals surface area contributed by atoms with Crippen LogP contribution in [0, 0.1) is 0 Å². The Labute approximate surface area is 222 Å². The number of benzene rings is 2. The van der Waals surface area contributed by atoms with Crippen molar-refractivity contribution in [3.63, 3.8) is 0 Å². The zero-order valence-corrected chi connectivity index (χ0v) is 21.5. The van der Waals surface area contributed by atoms with Crippen LogP contribution < -0.4 is 15.4 Å². The van der Waals surface area contributed by atoms with Gasteiger partial charge in [-0.05, 0) is 54.3 Å². The minimum absolute atomic E-state index is 0. The van der Waals surface area contributed by atoms with Gasteiger partial charge in [0, 0.05) is 37.4 Å². The number of halogens is 1. The molecule has 1 aromatic heterocycles. The molecule has 2 aliphatic rings. The average molecular weight is 523 g/mol. The molecule has 9 heteroatoms. The van der Waals surface area contributed by atoms with Gasteiger partial charge in [-0.2, -0.15) is 0 Å². The Kier molecular flexibility index (Phi) is 8.43. The van der Waals surface area contributed by atoms with Crippen molar-refractivity contribution in [1.29, 1.82) is 0 Å². The first-order chi connectivity index (χ1) is 17.5. The van der Waals surface area contributed by atoms with Gasteiger partial charge >= 0.3 is 0 Å². The van der Waals surface area contributed by atoms with Crippen LogP contribution in [0.1, 0.15) is 50.0 Å². The number of nitrogens with zero attached hydrogens (tertiary/aromatic N) is 2. The summed E-state index contributed by atoms with van der Waals surface area (Å²) in [5.41, 5.74) is 4.92. The molecule has 0 aliphatic carbocycles. The number of aliphatic hydroxyl groups excluding tert-OH is 1. The average Bonchev–Trinajstić information content (AvgIpc) is 3.21. The maximum atomic E-state index is 13.1. The summed E-state index contributed by atoms with van der Waals surface area (Å²) in [4.78, 5) is 32.2. The number of hydrogen-bond acceptors (Lipinski definition) is 6. The van der Waals surface area contributed by atoms with Gasteiger partial charge in [0.15, 0.2) is 0 Å². The van der Waals surface area contributed by atoms with E-state index in [0.29, 0.717) is 49.5 Å². The monoisotopic (exact) mass is 522 g/mol. The van der Waals surface area contributed by atoms with Gasteiger partial charge in [-0.3, -0.25) is 14.6 Å². The molecule has 0 saturated heterocycles. The van der Waals surface area contributed by atoms with Crippen LogP contribution in [0.25, 0.3) is 0 Å². The van der Waals surface area contributed by atoms with Crippen molar-refractivity contribution < 1.29 is 19.4 Å². The molecule has 3 heterocycles. The smallest absolute Gasteiger partial charge is 0.255 e. The van der Waals surface area contributed by atoms with Crippen LogP contribution in [0.5, 0.6) is 5.75 Å². The number of pyridine rings is 1. The summed E-state index contributed by atoms with van der Waals surface area (Å²) in [5.74, 6) is -0.0873. The zero-order valence-electron chi connectivity index (χ0n) is 20.6. The largest absolute Gasteiger partial charge is 0.493 e. The van der Waals surface area contributed by atoms with E-state index in [1.165, 1.54) is 11.1 Å². The van der Waals surface area contributed by atoms with Crippen LogP contribution in [0.4, 0.5) is 0 Å². The molecule has 0 saturated carbocycles. The van der Waals surface area contributed by atoms with Gasteiger partial charge in [0.05, 0.1) is 30.5 Å². The summed E-state index contributed by atoms with van der Waals surface area (Å²) in [6.07, 6.45) is 1.65. The molecule has 0 bridgehead atoms. The lowest BCUT2D eigenvalue weighted by Crippen LogP contribution is -2.49. The first-order valence-electron chi connectivity index (χ1n) is 12.3. The van der Waals surface area contributed by atoms with Crippen molar-refractivity contribution in [3.05, 3.63) is 94.3 Å². The second kappa shape index (κ2) is 11.7. The Morgan fingerprint density at radius 3 is 2.73 bits per heavy atom. The number of fused-ring (bicyclic) bond motifs is 2. The van der Waals surface area contributed by atoms with Crippen molar-refractivity contribution in [1.82, 2.24) is 20.5 Å². The van der Waals surface area contributed by atoms with Gasteiger partial charge in [0.25, 0.3) is 11.8 Å². The SMILES string of the molecule is CCOc1cc2c(cc1C(=O)NCC(O)C1Cc3ccccc3CN1)CN(Cc1ccccn1)C2=O.Cl. The summed E-state index contributed by atoms with van der Waals surface area (Å²) in [6.45, 7) is 3.77. The van der Waals surface area contributed by atoms with E-state index in [0.717, 1.165) is 11.3 Å². The number of ether oxygens (including phenoxy) is 1. The number of carbonyl (C=O) groups is 2. The van der Waals surface area contributed by atoms with E-state index < -0.39 is 6.10 Å². The summed E-state index contributed by atoms with van der Waals surface area (Å²) in [6, 6.07) is 17.0. The predicted molar refractivity (Wildman–Crippen MR) is 142 cm³/mol. The Hall–Kier alpha value is -3.46. The van der Waals surface area contributed by atoms with E-state index >= 15 is 0 Å². The molecule has 0 fully saturated rings. The Morgan fingerprint density at radius 1 is 1.19 bits per heavy atom. The molecule has 37 heavy (non-hydrogen) atoms. The quantitative estimate of drug-likeness (QED) is 0.420. The normalized spacial score (nSPS) is 16.9. The maximum Gasteiger partial charge on any atom is 0.255 e. The first kappa shape index (κ1) is 26.6.